The molecule has 0 atom stereocenters. The molecule has 10 rings (SSSR count). The topological polar surface area (TPSA) is 29.5 Å². The molecule has 0 fully saturated rings. The van der Waals surface area contributed by atoms with Gasteiger partial charge in [0.2, 0.25) is 0 Å². The van der Waals surface area contributed by atoms with Crippen LogP contribution in [0.1, 0.15) is 0 Å². The summed E-state index contributed by atoms with van der Waals surface area (Å²) in [5.74, 6) is 0. The van der Waals surface area contributed by atoms with E-state index in [-0.39, 0.29) is 0 Å². The van der Waals surface area contributed by atoms with Gasteiger partial charge in [-0.05, 0) is 93.7 Å². The molecule has 2 heterocycles. The van der Waals surface area contributed by atoms with Crippen molar-refractivity contribution >= 4 is 71.7 Å². The van der Waals surface area contributed by atoms with Crippen LogP contribution in [-0.4, -0.2) is 0 Å². The first kappa shape index (κ1) is 27.5. The van der Waals surface area contributed by atoms with Gasteiger partial charge in [0.25, 0.3) is 0 Å². The van der Waals surface area contributed by atoms with Gasteiger partial charge in [0.05, 0.1) is 5.69 Å². The molecule has 0 aliphatic carbocycles. The predicted octanol–water partition coefficient (Wildman–Crippen LogP) is 13.4. The van der Waals surface area contributed by atoms with Gasteiger partial charge in [-0.25, -0.2) is 0 Å². The van der Waals surface area contributed by atoms with E-state index in [9.17, 15) is 0 Å². The van der Waals surface area contributed by atoms with Crippen molar-refractivity contribution in [1.82, 2.24) is 0 Å². The fraction of sp³-hybridized carbons (Fsp3) is 0. The highest BCUT2D eigenvalue weighted by Gasteiger charge is 2.20. The second-order valence-corrected chi connectivity index (χ2v) is 12.6. The molecule has 0 spiro atoms. The minimum Gasteiger partial charge on any atom is -0.456 e. The second-order valence-electron chi connectivity index (χ2n) is 12.6. The van der Waals surface area contributed by atoms with Crippen molar-refractivity contribution in [2.45, 2.75) is 0 Å². The van der Waals surface area contributed by atoms with Crippen LogP contribution in [0.4, 0.5) is 17.1 Å². The molecular weight excluding hydrogens is 599 g/mol. The van der Waals surface area contributed by atoms with Crippen LogP contribution in [0.5, 0.6) is 0 Å². The van der Waals surface area contributed by atoms with Gasteiger partial charge in [-0.3, -0.25) is 0 Å². The average molecular weight is 628 g/mol. The Balaban J connectivity index is 1.11. The predicted molar refractivity (Wildman–Crippen MR) is 204 cm³/mol. The third-order valence-electron chi connectivity index (χ3n) is 9.65. The number of furan rings is 2. The summed E-state index contributed by atoms with van der Waals surface area (Å²) in [6.45, 7) is 0. The maximum absolute atomic E-state index is 6.57. The van der Waals surface area contributed by atoms with Crippen LogP contribution in [-0.2, 0) is 0 Å². The maximum atomic E-state index is 6.57. The smallest absolute Gasteiger partial charge is 0.159 e. The number of rotatable bonds is 5. The first-order chi connectivity index (χ1) is 24.3. The zero-order valence-electron chi connectivity index (χ0n) is 26.5. The molecule has 0 N–H and O–H groups in total. The summed E-state index contributed by atoms with van der Waals surface area (Å²) in [5.41, 5.74) is 11.3. The summed E-state index contributed by atoms with van der Waals surface area (Å²) in [5, 5.41) is 6.88. The molecular formula is C46H29NO2. The molecule has 0 bridgehead atoms. The molecule has 8 aromatic carbocycles. The Kier molecular flexibility index (Phi) is 6.18. The maximum Gasteiger partial charge on any atom is 0.159 e. The summed E-state index contributed by atoms with van der Waals surface area (Å²) >= 11 is 0. The van der Waals surface area contributed by atoms with Crippen molar-refractivity contribution in [1.29, 1.82) is 0 Å². The van der Waals surface area contributed by atoms with Crippen LogP contribution in [0.2, 0.25) is 0 Å². The van der Waals surface area contributed by atoms with Crippen LogP contribution < -0.4 is 4.90 Å². The zero-order chi connectivity index (χ0) is 32.3. The van der Waals surface area contributed by atoms with Crippen molar-refractivity contribution in [3.63, 3.8) is 0 Å². The van der Waals surface area contributed by atoms with Crippen LogP contribution in [0.25, 0.3) is 76.9 Å². The molecule has 10 aromatic rings. The molecule has 0 saturated heterocycles. The molecule has 49 heavy (non-hydrogen) atoms. The molecule has 230 valence electrons. The molecule has 0 aliphatic rings. The fourth-order valence-electron chi connectivity index (χ4n) is 7.24. The van der Waals surface area contributed by atoms with Gasteiger partial charge in [0, 0.05) is 32.9 Å². The molecule has 0 radical (unpaired) electrons. The van der Waals surface area contributed by atoms with Crippen LogP contribution in [0, 0.1) is 0 Å². The highest BCUT2D eigenvalue weighted by molar-refractivity contribution is 6.11. The van der Waals surface area contributed by atoms with E-state index in [1.165, 1.54) is 27.5 Å². The van der Waals surface area contributed by atoms with E-state index >= 15 is 0 Å². The molecule has 0 amide bonds. The van der Waals surface area contributed by atoms with Gasteiger partial charge in [0.15, 0.2) is 5.58 Å². The fourth-order valence-corrected chi connectivity index (χ4v) is 7.24. The normalized spacial score (nSPS) is 11.7. The van der Waals surface area contributed by atoms with E-state index in [1.54, 1.807) is 0 Å². The van der Waals surface area contributed by atoms with Gasteiger partial charge in [0.1, 0.15) is 16.7 Å². The number of para-hydroxylation sites is 3. The van der Waals surface area contributed by atoms with Crippen LogP contribution in [0.15, 0.2) is 185 Å². The SMILES string of the molecule is c1cc(-c2ccc(N(c3ccc4oc5ccccc5c4c3)c3cccc4c3oc3ccccc34)cc2)cc(-c2ccc3ccccc3c2)c1. The quantitative estimate of drug-likeness (QED) is 0.190. The Labute approximate surface area is 282 Å². The van der Waals surface area contributed by atoms with E-state index in [1.807, 2.05) is 24.3 Å². The van der Waals surface area contributed by atoms with Crippen molar-refractivity contribution in [2.75, 3.05) is 4.90 Å². The molecule has 2 aromatic heterocycles. The van der Waals surface area contributed by atoms with Crippen molar-refractivity contribution < 1.29 is 8.83 Å². The van der Waals surface area contributed by atoms with E-state index in [0.717, 1.165) is 66.5 Å². The first-order valence-electron chi connectivity index (χ1n) is 16.6. The van der Waals surface area contributed by atoms with E-state index < -0.39 is 0 Å². The number of anilines is 3. The van der Waals surface area contributed by atoms with Crippen molar-refractivity contribution in [2.24, 2.45) is 0 Å². The summed E-state index contributed by atoms with van der Waals surface area (Å²) in [4.78, 5) is 2.29. The zero-order valence-corrected chi connectivity index (χ0v) is 26.5. The number of hydrogen-bond donors (Lipinski definition) is 0. The lowest BCUT2D eigenvalue weighted by atomic mass is 9.97. The van der Waals surface area contributed by atoms with E-state index in [0.29, 0.717) is 0 Å². The Morgan fingerprint density at radius 3 is 1.76 bits per heavy atom. The Hall–Kier alpha value is -6.58. The van der Waals surface area contributed by atoms with Crippen LogP contribution in [0.3, 0.4) is 0 Å². The van der Waals surface area contributed by atoms with Gasteiger partial charge in [-0.1, -0.05) is 115 Å². The minimum atomic E-state index is 0.855. The molecule has 3 heteroatoms. The number of fused-ring (bicyclic) bond motifs is 7. The lowest BCUT2D eigenvalue weighted by molar-refractivity contribution is 0.669. The van der Waals surface area contributed by atoms with Gasteiger partial charge in [-0.15, -0.1) is 0 Å². The number of hydrogen-bond acceptors (Lipinski definition) is 3. The largest absolute Gasteiger partial charge is 0.456 e. The van der Waals surface area contributed by atoms with Gasteiger partial charge < -0.3 is 13.7 Å². The lowest BCUT2D eigenvalue weighted by Gasteiger charge is -2.26. The number of benzene rings is 8. The highest BCUT2D eigenvalue weighted by atomic mass is 16.3. The highest BCUT2D eigenvalue weighted by Crippen LogP contribution is 2.44. The minimum absolute atomic E-state index is 0.855. The molecule has 0 aliphatic heterocycles. The monoisotopic (exact) mass is 627 g/mol. The molecule has 0 unspecified atom stereocenters. The molecule has 0 saturated carbocycles. The van der Waals surface area contributed by atoms with Gasteiger partial charge >= 0.3 is 0 Å². The van der Waals surface area contributed by atoms with Crippen LogP contribution >= 0.6 is 0 Å². The third kappa shape index (κ3) is 4.59. The average Bonchev–Trinajstić information content (AvgIpc) is 3.74. The summed E-state index contributed by atoms with van der Waals surface area (Å²) in [6, 6.07) is 62.1. The van der Waals surface area contributed by atoms with Gasteiger partial charge in [-0.2, -0.15) is 0 Å². The van der Waals surface area contributed by atoms with Crippen molar-refractivity contribution in [3.05, 3.63) is 176 Å². The summed E-state index contributed by atoms with van der Waals surface area (Å²) in [7, 11) is 0. The Morgan fingerprint density at radius 1 is 0.327 bits per heavy atom. The first-order valence-corrected chi connectivity index (χ1v) is 16.6. The molecule has 3 nitrogen and oxygen atoms in total. The lowest BCUT2D eigenvalue weighted by Crippen LogP contribution is -2.10. The van der Waals surface area contributed by atoms with E-state index in [2.05, 4.69) is 157 Å². The number of nitrogens with zero attached hydrogens (tertiary/aromatic N) is 1. The summed E-state index contributed by atoms with van der Waals surface area (Å²) < 4.78 is 12.8. The second kappa shape index (κ2) is 11.0. The standard InChI is InChI=1S/C46H29NO2/c1-2-10-32-28-35(20-19-30(32)9-1)34-12-7-11-33(27-34)31-21-23-36(24-22-31)47(37-25-26-45-41(29-37)39-14-4-5-17-43(39)48-45)42-16-8-15-40-38-13-3-6-18-44(38)49-46(40)42/h1-29H. The van der Waals surface area contributed by atoms with Crippen molar-refractivity contribution in [3.8, 4) is 22.3 Å². The Bertz CT molecular complexity index is 2840. The van der Waals surface area contributed by atoms with E-state index in [4.69, 9.17) is 8.83 Å². The Morgan fingerprint density at radius 2 is 0.918 bits per heavy atom. The third-order valence-corrected chi connectivity index (χ3v) is 9.65. The summed E-state index contributed by atoms with van der Waals surface area (Å²) in [6.07, 6.45) is 0.